The summed E-state index contributed by atoms with van der Waals surface area (Å²) < 4.78 is 5.82. The number of rotatable bonds is 4. The van der Waals surface area contributed by atoms with E-state index in [4.69, 9.17) is 4.42 Å². The molecule has 0 atom stereocenters. The molecule has 23 heavy (non-hydrogen) atoms. The maximum absolute atomic E-state index is 5.82. The van der Waals surface area contributed by atoms with Gasteiger partial charge in [-0.2, -0.15) is 5.10 Å². The highest BCUT2D eigenvalue weighted by atomic mass is 32.2. The largest absolute Gasteiger partial charge is 0.440 e. The lowest BCUT2D eigenvalue weighted by molar-refractivity contribution is 0.530. The number of benzene rings is 2. The van der Waals surface area contributed by atoms with Crippen molar-refractivity contribution in [2.45, 2.75) is 10.8 Å². The number of hydrogen-bond acceptors (Lipinski definition) is 5. The summed E-state index contributed by atoms with van der Waals surface area (Å²) in [6, 6.07) is 18.1. The van der Waals surface area contributed by atoms with Crippen molar-refractivity contribution in [2.75, 3.05) is 0 Å². The predicted molar refractivity (Wildman–Crippen MR) is 91.0 cm³/mol. The molecule has 0 saturated carbocycles. The van der Waals surface area contributed by atoms with Crippen LogP contribution in [0.2, 0.25) is 0 Å². The molecule has 4 nitrogen and oxygen atoms in total. The van der Waals surface area contributed by atoms with Gasteiger partial charge in [0.05, 0.1) is 18.1 Å². The molecule has 4 rings (SSSR count). The lowest BCUT2D eigenvalue weighted by atomic mass is 10.2. The van der Waals surface area contributed by atoms with Gasteiger partial charge < -0.3 is 4.42 Å². The van der Waals surface area contributed by atoms with Crippen LogP contribution in [-0.4, -0.2) is 15.2 Å². The first-order chi connectivity index (χ1) is 11.4. The highest BCUT2D eigenvalue weighted by Crippen LogP contribution is 2.28. The van der Waals surface area contributed by atoms with E-state index < -0.39 is 0 Å². The monoisotopic (exact) mass is 319 g/mol. The van der Waals surface area contributed by atoms with E-state index >= 15 is 0 Å². The van der Waals surface area contributed by atoms with Crippen molar-refractivity contribution in [2.24, 2.45) is 0 Å². The summed E-state index contributed by atoms with van der Waals surface area (Å²) in [4.78, 5) is 4.35. The summed E-state index contributed by atoms with van der Waals surface area (Å²) in [6.45, 7) is 0. The van der Waals surface area contributed by atoms with Gasteiger partial charge in [-0.15, -0.1) is 5.10 Å². The Morgan fingerprint density at radius 3 is 2.65 bits per heavy atom. The van der Waals surface area contributed by atoms with Crippen molar-refractivity contribution >= 4 is 22.5 Å². The minimum absolute atomic E-state index is 0.621. The molecule has 0 saturated heterocycles. The summed E-state index contributed by atoms with van der Waals surface area (Å²) in [5, 5.41) is 11.4. The third-order valence-electron chi connectivity index (χ3n) is 3.48. The van der Waals surface area contributed by atoms with Crippen LogP contribution in [0.3, 0.4) is 0 Å². The van der Waals surface area contributed by atoms with Crippen molar-refractivity contribution in [3.05, 3.63) is 72.9 Å². The summed E-state index contributed by atoms with van der Waals surface area (Å²) in [7, 11) is 0. The average molecular weight is 319 g/mol. The van der Waals surface area contributed by atoms with Crippen LogP contribution in [0.25, 0.3) is 22.1 Å². The zero-order chi connectivity index (χ0) is 15.5. The number of fused-ring (bicyclic) bond motifs is 1. The molecule has 0 radical (unpaired) electrons. The molecule has 0 amide bonds. The van der Waals surface area contributed by atoms with Crippen LogP contribution in [-0.2, 0) is 5.75 Å². The Hall–Kier alpha value is -2.66. The molecule has 0 fully saturated rings. The van der Waals surface area contributed by atoms with Gasteiger partial charge in [-0.25, -0.2) is 4.98 Å². The van der Waals surface area contributed by atoms with Gasteiger partial charge in [0, 0.05) is 16.3 Å². The van der Waals surface area contributed by atoms with Crippen molar-refractivity contribution < 1.29 is 4.42 Å². The molecular formula is C18H13N3OS. The Labute approximate surface area is 137 Å². The van der Waals surface area contributed by atoms with Gasteiger partial charge in [-0.1, -0.05) is 66.4 Å². The van der Waals surface area contributed by atoms with E-state index in [0.717, 1.165) is 27.1 Å². The van der Waals surface area contributed by atoms with Gasteiger partial charge in [0.15, 0.2) is 5.76 Å². The molecule has 0 aliphatic carbocycles. The van der Waals surface area contributed by atoms with Gasteiger partial charge in [0.1, 0.15) is 5.03 Å². The fraction of sp³-hybridized carbons (Fsp3) is 0.0556. The predicted octanol–water partition coefficient (Wildman–Crippen LogP) is 4.58. The molecule has 0 aliphatic heterocycles. The number of oxazole rings is 1. The van der Waals surface area contributed by atoms with E-state index in [1.54, 1.807) is 24.2 Å². The minimum Gasteiger partial charge on any atom is -0.440 e. The average Bonchev–Trinajstić information content (AvgIpc) is 3.10. The maximum Gasteiger partial charge on any atom is 0.205 e. The molecule has 0 aliphatic rings. The molecule has 112 valence electrons. The molecule has 0 unspecified atom stereocenters. The first-order valence-corrected chi connectivity index (χ1v) is 8.22. The van der Waals surface area contributed by atoms with Crippen molar-refractivity contribution in [3.63, 3.8) is 0 Å². The quantitative estimate of drug-likeness (QED) is 0.515. The molecule has 0 N–H and O–H groups in total. The molecular weight excluding hydrogens is 306 g/mol. The first kappa shape index (κ1) is 14.0. The summed E-state index contributed by atoms with van der Waals surface area (Å²) >= 11 is 1.58. The van der Waals surface area contributed by atoms with Crippen LogP contribution in [0.1, 0.15) is 5.89 Å². The molecule has 2 heterocycles. The second-order valence-electron chi connectivity index (χ2n) is 5.01. The fourth-order valence-electron chi connectivity index (χ4n) is 2.35. The molecule has 2 aromatic heterocycles. The summed E-state index contributed by atoms with van der Waals surface area (Å²) in [5.74, 6) is 2.09. The van der Waals surface area contributed by atoms with E-state index in [1.807, 2.05) is 48.5 Å². The van der Waals surface area contributed by atoms with Crippen LogP contribution in [0.5, 0.6) is 0 Å². The van der Waals surface area contributed by atoms with Crippen molar-refractivity contribution in [1.82, 2.24) is 15.2 Å². The zero-order valence-corrected chi connectivity index (χ0v) is 13.0. The minimum atomic E-state index is 0.621. The Kier molecular flexibility index (Phi) is 3.78. The van der Waals surface area contributed by atoms with Crippen LogP contribution < -0.4 is 0 Å². The van der Waals surface area contributed by atoms with Crippen LogP contribution >= 0.6 is 11.8 Å². The highest BCUT2D eigenvalue weighted by Gasteiger charge is 2.09. The third kappa shape index (κ3) is 2.96. The van der Waals surface area contributed by atoms with Crippen molar-refractivity contribution in [3.8, 4) is 11.3 Å². The molecule has 0 spiro atoms. The maximum atomic E-state index is 5.82. The standard InChI is InChI=1S/C18H13N3OS/c1-2-6-13(7-3-1)16-11-19-17(22-16)12-23-18-15-9-5-4-8-14(15)10-20-21-18/h1-11H,12H2. The van der Waals surface area contributed by atoms with E-state index in [9.17, 15) is 0 Å². The molecule has 4 aromatic rings. The number of nitrogens with zero attached hydrogens (tertiary/aromatic N) is 3. The van der Waals surface area contributed by atoms with Crippen molar-refractivity contribution in [1.29, 1.82) is 0 Å². The Morgan fingerprint density at radius 1 is 0.913 bits per heavy atom. The van der Waals surface area contributed by atoms with Gasteiger partial charge in [0.2, 0.25) is 5.89 Å². The second-order valence-corrected chi connectivity index (χ2v) is 5.97. The third-order valence-corrected chi connectivity index (χ3v) is 4.45. The molecule has 2 aromatic carbocycles. The number of hydrogen-bond donors (Lipinski definition) is 0. The number of thioether (sulfide) groups is 1. The lowest BCUT2D eigenvalue weighted by Gasteiger charge is -2.02. The smallest absolute Gasteiger partial charge is 0.205 e. The van der Waals surface area contributed by atoms with Gasteiger partial charge in [-0.3, -0.25) is 0 Å². The fourth-order valence-corrected chi connectivity index (χ4v) is 3.19. The van der Waals surface area contributed by atoms with E-state index in [0.29, 0.717) is 11.6 Å². The lowest BCUT2D eigenvalue weighted by Crippen LogP contribution is -1.88. The van der Waals surface area contributed by atoms with Gasteiger partial charge in [-0.05, 0) is 0 Å². The SMILES string of the molecule is c1ccc(-c2cnc(CSc3nncc4ccccc34)o2)cc1. The van der Waals surface area contributed by atoms with E-state index in [1.165, 1.54) is 0 Å². The van der Waals surface area contributed by atoms with Gasteiger partial charge >= 0.3 is 0 Å². The van der Waals surface area contributed by atoms with Gasteiger partial charge in [0.25, 0.3) is 0 Å². The first-order valence-electron chi connectivity index (χ1n) is 7.23. The summed E-state index contributed by atoms with van der Waals surface area (Å²) in [6.07, 6.45) is 3.54. The normalized spacial score (nSPS) is 11.0. The van der Waals surface area contributed by atoms with E-state index in [-0.39, 0.29) is 0 Å². The van der Waals surface area contributed by atoms with E-state index in [2.05, 4.69) is 21.2 Å². The zero-order valence-electron chi connectivity index (χ0n) is 12.2. The van der Waals surface area contributed by atoms with Crippen LogP contribution in [0.15, 0.2) is 76.4 Å². The second kappa shape index (κ2) is 6.22. The number of aromatic nitrogens is 3. The van der Waals surface area contributed by atoms with Crippen LogP contribution in [0, 0.1) is 0 Å². The molecule has 0 bridgehead atoms. The summed E-state index contributed by atoms with van der Waals surface area (Å²) in [5.41, 5.74) is 1.03. The Bertz CT molecular complexity index is 932. The topological polar surface area (TPSA) is 51.8 Å². The Morgan fingerprint density at radius 2 is 1.74 bits per heavy atom. The highest BCUT2D eigenvalue weighted by molar-refractivity contribution is 7.98. The Balaban J connectivity index is 1.54. The molecule has 5 heteroatoms. The van der Waals surface area contributed by atoms with Crippen LogP contribution in [0.4, 0.5) is 0 Å².